The first-order valence-electron chi connectivity index (χ1n) is 7.29. The Morgan fingerprint density at radius 3 is 2.35 bits per heavy atom. The van der Waals surface area contributed by atoms with E-state index in [0.29, 0.717) is 6.04 Å². The molecule has 0 spiro atoms. The zero-order chi connectivity index (χ0) is 13.9. The summed E-state index contributed by atoms with van der Waals surface area (Å²) in [5.74, 6) is 0. The van der Waals surface area contributed by atoms with E-state index in [0.717, 1.165) is 6.42 Å². The molecule has 1 heterocycles. The van der Waals surface area contributed by atoms with Crippen LogP contribution in [0.2, 0.25) is 0 Å². The first-order chi connectivity index (χ1) is 9.75. The SMILES string of the molecule is Cc1ccccc1C1CCC(c2ccccc2)=CN1C. The molecule has 1 aliphatic heterocycles. The molecule has 0 saturated carbocycles. The van der Waals surface area contributed by atoms with Crippen molar-refractivity contribution in [1.29, 1.82) is 0 Å². The largest absolute Gasteiger partial charge is 0.373 e. The highest BCUT2D eigenvalue weighted by Crippen LogP contribution is 2.36. The lowest BCUT2D eigenvalue weighted by atomic mass is 9.90. The van der Waals surface area contributed by atoms with Crippen molar-refractivity contribution in [3.05, 3.63) is 77.5 Å². The third-order valence-corrected chi connectivity index (χ3v) is 4.23. The molecule has 0 amide bonds. The van der Waals surface area contributed by atoms with Crippen LogP contribution in [0.5, 0.6) is 0 Å². The molecule has 0 bridgehead atoms. The van der Waals surface area contributed by atoms with Crippen LogP contribution in [-0.2, 0) is 0 Å². The van der Waals surface area contributed by atoms with Crippen molar-refractivity contribution in [2.45, 2.75) is 25.8 Å². The van der Waals surface area contributed by atoms with Gasteiger partial charge in [-0.15, -0.1) is 0 Å². The molecule has 1 heteroatoms. The maximum atomic E-state index is 2.37. The molecule has 20 heavy (non-hydrogen) atoms. The monoisotopic (exact) mass is 263 g/mol. The summed E-state index contributed by atoms with van der Waals surface area (Å²) < 4.78 is 0. The Bertz CT molecular complexity index is 613. The van der Waals surface area contributed by atoms with Crippen molar-refractivity contribution in [3.63, 3.8) is 0 Å². The number of aryl methyl sites for hydroxylation is 1. The Kier molecular flexibility index (Phi) is 3.60. The summed E-state index contributed by atoms with van der Waals surface area (Å²) in [6, 6.07) is 19.9. The standard InChI is InChI=1S/C19H21N/c1-15-8-6-7-11-18(15)19-13-12-17(14-20(19)2)16-9-4-3-5-10-16/h3-11,14,19H,12-13H2,1-2H3. The zero-order valence-corrected chi connectivity index (χ0v) is 12.2. The molecule has 1 nitrogen and oxygen atoms in total. The van der Waals surface area contributed by atoms with Gasteiger partial charge in [0.1, 0.15) is 0 Å². The molecule has 1 atom stereocenters. The van der Waals surface area contributed by atoms with Gasteiger partial charge in [0.2, 0.25) is 0 Å². The Morgan fingerprint density at radius 2 is 1.65 bits per heavy atom. The fraction of sp³-hybridized carbons (Fsp3) is 0.263. The summed E-state index contributed by atoms with van der Waals surface area (Å²) in [6.45, 7) is 2.21. The second-order valence-corrected chi connectivity index (χ2v) is 5.60. The molecular weight excluding hydrogens is 242 g/mol. The normalized spacial score (nSPS) is 18.8. The Morgan fingerprint density at radius 1 is 0.950 bits per heavy atom. The number of hydrogen-bond acceptors (Lipinski definition) is 1. The van der Waals surface area contributed by atoms with Gasteiger partial charge in [-0.05, 0) is 42.0 Å². The molecule has 0 aliphatic carbocycles. The van der Waals surface area contributed by atoms with E-state index in [9.17, 15) is 0 Å². The van der Waals surface area contributed by atoms with Gasteiger partial charge in [-0.25, -0.2) is 0 Å². The van der Waals surface area contributed by atoms with Gasteiger partial charge < -0.3 is 4.90 Å². The average Bonchev–Trinajstić information content (AvgIpc) is 2.49. The third kappa shape index (κ3) is 2.49. The van der Waals surface area contributed by atoms with Crippen LogP contribution in [0.3, 0.4) is 0 Å². The second kappa shape index (κ2) is 5.54. The van der Waals surface area contributed by atoms with Crippen LogP contribution in [-0.4, -0.2) is 11.9 Å². The van der Waals surface area contributed by atoms with Crippen molar-refractivity contribution in [1.82, 2.24) is 4.90 Å². The van der Waals surface area contributed by atoms with Gasteiger partial charge in [-0.2, -0.15) is 0 Å². The minimum absolute atomic E-state index is 0.503. The van der Waals surface area contributed by atoms with Gasteiger partial charge in [0.05, 0.1) is 6.04 Å². The Balaban J connectivity index is 1.87. The summed E-state index contributed by atoms with van der Waals surface area (Å²) >= 11 is 0. The first kappa shape index (κ1) is 13.0. The predicted octanol–water partition coefficient (Wildman–Crippen LogP) is 4.80. The van der Waals surface area contributed by atoms with E-state index in [-0.39, 0.29) is 0 Å². The molecule has 1 unspecified atom stereocenters. The number of rotatable bonds is 2. The fourth-order valence-corrected chi connectivity index (χ4v) is 3.10. The average molecular weight is 263 g/mol. The predicted molar refractivity (Wildman–Crippen MR) is 85.3 cm³/mol. The summed E-state index contributed by atoms with van der Waals surface area (Å²) in [5.41, 5.74) is 5.64. The summed E-state index contributed by atoms with van der Waals surface area (Å²) in [6.07, 6.45) is 4.64. The van der Waals surface area contributed by atoms with E-state index < -0.39 is 0 Å². The summed E-state index contributed by atoms with van der Waals surface area (Å²) in [5, 5.41) is 0. The summed E-state index contributed by atoms with van der Waals surface area (Å²) in [4.78, 5) is 2.37. The molecule has 2 aromatic rings. The van der Waals surface area contributed by atoms with E-state index in [1.807, 2.05) is 0 Å². The highest BCUT2D eigenvalue weighted by molar-refractivity contribution is 5.66. The lowest BCUT2D eigenvalue weighted by Gasteiger charge is -2.34. The number of allylic oxidation sites excluding steroid dienone is 1. The lowest BCUT2D eigenvalue weighted by Crippen LogP contribution is -2.23. The van der Waals surface area contributed by atoms with Crippen LogP contribution >= 0.6 is 0 Å². The molecule has 1 aliphatic rings. The smallest absolute Gasteiger partial charge is 0.0539 e. The number of benzene rings is 2. The van der Waals surface area contributed by atoms with Crippen LogP contribution in [0.1, 0.15) is 35.6 Å². The van der Waals surface area contributed by atoms with Gasteiger partial charge in [0, 0.05) is 13.2 Å². The van der Waals surface area contributed by atoms with E-state index in [1.54, 1.807) is 0 Å². The van der Waals surface area contributed by atoms with Gasteiger partial charge in [0.15, 0.2) is 0 Å². The van der Waals surface area contributed by atoms with Gasteiger partial charge >= 0.3 is 0 Å². The minimum atomic E-state index is 0.503. The first-order valence-corrected chi connectivity index (χ1v) is 7.29. The molecule has 0 saturated heterocycles. The van der Waals surface area contributed by atoms with Crippen LogP contribution in [0.25, 0.3) is 5.57 Å². The minimum Gasteiger partial charge on any atom is -0.373 e. The topological polar surface area (TPSA) is 3.24 Å². The summed E-state index contributed by atoms with van der Waals surface area (Å²) in [7, 11) is 2.19. The molecule has 0 N–H and O–H groups in total. The Hall–Kier alpha value is -2.02. The maximum absolute atomic E-state index is 2.37. The fourth-order valence-electron chi connectivity index (χ4n) is 3.10. The highest BCUT2D eigenvalue weighted by atomic mass is 15.1. The van der Waals surface area contributed by atoms with Crippen molar-refractivity contribution in [2.75, 3.05) is 7.05 Å². The van der Waals surface area contributed by atoms with E-state index in [4.69, 9.17) is 0 Å². The van der Waals surface area contributed by atoms with Crippen molar-refractivity contribution < 1.29 is 0 Å². The van der Waals surface area contributed by atoms with Crippen molar-refractivity contribution in [2.24, 2.45) is 0 Å². The molecular formula is C19H21N. The molecule has 3 rings (SSSR count). The molecule has 0 fully saturated rings. The molecule has 102 valence electrons. The van der Waals surface area contributed by atoms with Crippen LogP contribution < -0.4 is 0 Å². The molecule has 2 aromatic carbocycles. The van der Waals surface area contributed by atoms with E-state index in [2.05, 4.69) is 79.7 Å². The van der Waals surface area contributed by atoms with Crippen LogP contribution in [0.4, 0.5) is 0 Å². The maximum Gasteiger partial charge on any atom is 0.0539 e. The number of hydrogen-bond donors (Lipinski definition) is 0. The van der Waals surface area contributed by atoms with Crippen molar-refractivity contribution >= 4 is 5.57 Å². The van der Waals surface area contributed by atoms with E-state index >= 15 is 0 Å². The quantitative estimate of drug-likeness (QED) is 0.752. The molecule has 0 radical (unpaired) electrons. The highest BCUT2D eigenvalue weighted by Gasteiger charge is 2.22. The zero-order valence-electron chi connectivity index (χ0n) is 12.2. The van der Waals surface area contributed by atoms with Crippen LogP contribution in [0, 0.1) is 6.92 Å². The molecule has 0 aromatic heterocycles. The van der Waals surface area contributed by atoms with Crippen LogP contribution in [0.15, 0.2) is 60.8 Å². The van der Waals surface area contributed by atoms with Gasteiger partial charge in [-0.3, -0.25) is 0 Å². The number of nitrogens with zero attached hydrogens (tertiary/aromatic N) is 1. The van der Waals surface area contributed by atoms with E-state index in [1.165, 1.54) is 28.7 Å². The van der Waals surface area contributed by atoms with Gasteiger partial charge in [0.25, 0.3) is 0 Å². The van der Waals surface area contributed by atoms with Crippen molar-refractivity contribution in [3.8, 4) is 0 Å². The third-order valence-electron chi connectivity index (χ3n) is 4.23. The Labute approximate surface area is 121 Å². The second-order valence-electron chi connectivity index (χ2n) is 5.60. The van der Waals surface area contributed by atoms with Gasteiger partial charge in [-0.1, -0.05) is 54.6 Å². The lowest BCUT2D eigenvalue weighted by molar-refractivity contribution is 0.307.